The van der Waals surface area contributed by atoms with E-state index < -0.39 is 0 Å². The highest BCUT2D eigenvalue weighted by Crippen LogP contribution is 2.41. The molecule has 2 aliphatic carbocycles. The van der Waals surface area contributed by atoms with Crippen molar-refractivity contribution >= 4 is 0 Å². The molecule has 1 heterocycles. The van der Waals surface area contributed by atoms with Gasteiger partial charge in [0.2, 0.25) is 0 Å². The number of rotatable bonds is 4. The minimum Gasteiger partial charge on any atom is -0.394 e. The monoisotopic (exact) mass is 294 g/mol. The Hall–Kier alpha value is -0.120. The van der Waals surface area contributed by atoms with Gasteiger partial charge in [0.05, 0.1) is 6.61 Å². The molecule has 122 valence electrons. The highest BCUT2D eigenvalue weighted by molar-refractivity contribution is 5.00. The molecule has 3 nitrogen and oxygen atoms in total. The second kappa shape index (κ2) is 6.55. The van der Waals surface area contributed by atoms with Crippen molar-refractivity contribution in [2.24, 2.45) is 5.92 Å². The van der Waals surface area contributed by atoms with Crippen LogP contribution in [0.15, 0.2) is 0 Å². The fourth-order valence-electron chi connectivity index (χ4n) is 5.49. The average Bonchev–Trinajstić information content (AvgIpc) is 2.95. The number of hydrogen-bond donors (Lipinski definition) is 2. The van der Waals surface area contributed by atoms with Crippen molar-refractivity contribution in [2.75, 3.05) is 13.2 Å². The minimum atomic E-state index is -0.0252. The van der Waals surface area contributed by atoms with Crippen LogP contribution in [0.4, 0.5) is 0 Å². The van der Waals surface area contributed by atoms with E-state index in [2.05, 4.69) is 24.1 Å². The van der Waals surface area contributed by atoms with Crippen LogP contribution in [0.1, 0.15) is 71.6 Å². The molecular weight excluding hydrogens is 260 g/mol. The van der Waals surface area contributed by atoms with Gasteiger partial charge in [0.15, 0.2) is 0 Å². The Morgan fingerprint density at radius 3 is 2.71 bits per heavy atom. The first-order valence-corrected chi connectivity index (χ1v) is 9.28. The highest BCUT2D eigenvalue weighted by Gasteiger charge is 2.43. The van der Waals surface area contributed by atoms with Crippen molar-refractivity contribution in [2.45, 2.75) is 95.3 Å². The number of fused-ring (bicyclic) bond motifs is 1. The molecule has 0 bridgehead atoms. The predicted octanol–water partition coefficient (Wildman–Crippen LogP) is 2.92. The second-order valence-electron chi connectivity index (χ2n) is 8.13. The van der Waals surface area contributed by atoms with E-state index in [-0.39, 0.29) is 5.54 Å². The predicted molar refractivity (Wildman–Crippen MR) is 87.4 cm³/mol. The van der Waals surface area contributed by atoms with Crippen molar-refractivity contribution in [1.29, 1.82) is 0 Å². The molecule has 1 saturated heterocycles. The molecule has 4 unspecified atom stereocenters. The van der Waals surface area contributed by atoms with Crippen LogP contribution in [0, 0.1) is 5.92 Å². The molecule has 2 saturated carbocycles. The molecule has 0 radical (unpaired) electrons. The van der Waals surface area contributed by atoms with Crippen LogP contribution < -0.4 is 5.32 Å². The number of nitrogens with zero attached hydrogens (tertiary/aromatic N) is 1. The third-order valence-electron chi connectivity index (χ3n) is 6.22. The van der Waals surface area contributed by atoms with Gasteiger partial charge in [-0.05, 0) is 63.8 Å². The van der Waals surface area contributed by atoms with Gasteiger partial charge in [0.1, 0.15) is 0 Å². The van der Waals surface area contributed by atoms with Crippen molar-refractivity contribution < 1.29 is 5.11 Å². The maximum absolute atomic E-state index is 10.0. The van der Waals surface area contributed by atoms with Crippen molar-refractivity contribution in [3.05, 3.63) is 0 Å². The van der Waals surface area contributed by atoms with Crippen molar-refractivity contribution in [3.8, 4) is 0 Å². The topological polar surface area (TPSA) is 35.5 Å². The zero-order valence-electron chi connectivity index (χ0n) is 14.0. The number of aliphatic hydroxyl groups is 1. The van der Waals surface area contributed by atoms with E-state index in [1.165, 1.54) is 51.5 Å². The van der Waals surface area contributed by atoms with Crippen LogP contribution in [-0.4, -0.2) is 46.8 Å². The summed E-state index contributed by atoms with van der Waals surface area (Å²) in [6.07, 6.45) is 12.1. The maximum Gasteiger partial charge on any atom is 0.0613 e. The van der Waals surface area contributed by atoms with Crippen LogP contribution in [0.25, 0.3) is 0 Å². The van der Waals surface area contributed by atoms with E-state index in [1.807, 2.05) is 0 Å². The first-order valence-electron chi connectivity index (χ1n) is 9.28. The lowest BCUT2D eigenvalue weighted by molar-refractivity contribution is 0.00821. The van der Waals surface area contributed by atoms with Gasteiger partial charge in [-0.25, -0.2) is 0 Å². The number of likely N-dealkylation sites (tertiary alicyclic amines) is 1. The van der Waals surface area contributed by atoms with Gasteiger partial charge in [-0.3, -0.25) is 4.90 Å². The van der Waals surface area contributed by atoms with Crippen LogP contribution in [0.2, 0.25) is 0 Å². The number of piperidine rings is 1. The lowest BCUT2D eigenvalue weighted by Crippen LogP contribution is -2.59. The molecule has 4 atom stereocenters. The van der Waals surface area contributed by atoms with Crippen LogP contribution in [0.3, 0.4) is 0 Å². The fraction of sp³-hybridized carbons (Fsp3) is 1.00. The Labute approximate surface area is 130 Å². The Kier molecular flexibility index (Phi) is 4.92. The zero-order valence-corrected chi connectivity index (χ0v) is 14.0. The SMILES string of the molecule is CC(C)NC1(CO)CCCC(N2CCCC3CCCC32)C1. The van der Waals surface area contributed by atoms with Gasteiger partial charge >= 0.3 is 0 Å². The third-order valence-corrected chi connectivity index (χ3v) is 6.22. The molecule has 2 N–H and O–H groups in total. The summed E-state index contributed by atoms with van der Waals surface area (Å²) in [6, 6.07) is 2.01. The summed E-state index contributed by atoms with van der Waals surface area (Å²) in [7, 11) is 0. The number of aliphatic hydroxyl groups excluding tert-OH is 1. The van der Waals surface area contributed by atoms with E-state index in [9.17, 15) is 5.11 Å². The third kappa shape index (κ3) is 3.30. The van der Waals surface area contributed by atoms with Gasteiger partial charge in [0.25, 0.3) is 0 Å². The van der Waals surface area contributed by atoms with E-state index in [0.29, 0.717) is 18.7 Å². The maximum atomic E-state index is 10.0. The molecule has 3 fully saturated rings. The first kappa shape index (κ1) is 15.8. The van der Waals surface area contributed by atoms with Crippen molar-refractivity contribution in [3.63, 3.8) is 0 Å². The molecule has 3 heteroatoms. The quantitative estimate of drug-likeness (QED) is 0.837. The van der Waals surface area contributed by atoms with Crippen LogP contribution in [0.5, 0.6) is 0 Å². The van der Waals surface area contributed by atoms with Gasteiger partial charge in [-0.1, -0.05) is 20.3 Å². The summed E-state index contributed by atoms with van der Waals surface area (Å²) in [5.74, 6) is 0.974. The molecule has 0 spiro atoms. The molecule has 1 aliphatic heterocycles. The lowest BCUT2D eigenvalue weighted by Gasteiger charge is -2.49. The van der Waals surface area contributed by atoms with E-state index >= 15 is 0 Å². The van der Waals surface area contributed by atoms with Crippen LogP contribution >= 0.6 is 0 Å². The van der Waals surface area contributed by atoms with E-state index in [0.717, 1.165) is 24.8 Å². The molecule has 0 aromatic carbocycles. The summed E-state index contributed by atoms with van der Waals surface area (Å²) >= 11 is 0. The Bertz CT molecular complexity index is 346. The number of hydrogen-bond acceptors (Lipinski definition) is 3. The minimum absolute atomic E-state index is 0.0252. The molecule has 0 amide bonds. The largest absolute Gasteiger partial charge is 0.394 e. The molecule has 3 rings (SSSR count). The Morgan fingerprint density at radius 2 is 1.95 bits per heavy atom. The first-order chi connectivity index (χ1) is 10.1. The molecule has 3 aliphatic rings. The van der Waals surface area contributed by atoms with Gasteiger partial charge in [-0.2, -0.15) is 0 Å². The lowest BCUT2D eigenvalue weighted by atomic mass is 9.77. The van der Waals surface area contributed by atoms with Crippen LogP contribution in [-0.2, 0) is 0 Å². The second-order valence-corrected chi connectivity index (χ2v) is 8.13. The van der Waals surface area contributed by atoms with Crippen molar-refractivity contribution in [1.82, 2.24) is 10.2 Å². The Morgan fingerprint density at radius 1 is 1.14 bits per heavy atom. The normalized spacial score (nSPS) is 41.4. The highest BCUT2D eigenvalue weighted by atomic mass is 16.3. The summed E-state index contributed by atoms with van der Waals surface area (Å²) in [6.45, 7) is 6.00. The zero-order chi connectivity index (χ0) is 14.9. The molecule has 0 aromatic heterocycles. The fourth-order valence-corrected chi connectivity index (χ4v) is 5.49. The Balaban J connectivity index is 1.69. The van der Waals surface area contributed by atoms with E-state index in [1.54, 1.807) is 0 Å². The van der Waals surface area contributed by atoms with Gasteiger partial charge in [-0.15, -0.1) is 0 Å². The smallest absolute Gasteiger partial charge is 0.0613 e. The molecular formula is C18H34N2O. The summed E-state index contributed by atoms with van der Waals surface area (Å²) in [5, 5.41) is 13.7. The van der Waals surface area contributed by atoms with Gasteiger partial charge in [0, 0.05) is 23.7 Å². The van der Waals surface area contributed by atoms with E-state index in [4.69, 9.17) is 0 Å². The summed E-state index contributed by atoms with van der Waals surface area (Å²) in [4.78, 5) is 2.85. The van der Waals surface area contributed by atoms with Gasteiger partial charge < -0.3 is 10.4 Å². The number of nitrogens with one attached hydrogen (secondary N) is 1. The standard InChI is InChI=1S/C18H34N2O/c1-14(2)19-18(13-21)10-4-8-16(12-18)20-11-5-7-15-6-3-9-17(15)20/h14-17,19,21H,3-13H2,1-2H3. The molecule has 21 heavy (non-hydrogen) atoms. The molecule has 0 aromatic rings. The summed E-state index contributed by atoms with van der Waals surface area (Å²) < 4.78 is 0. The average molecular weight is 294 g/mol. The summed E-state index contributed by atoms with van der Waals surface area (Å²) in [5.41, 5.74) is -0.0252.